The van der Waals surface area contributed by atoms with Crippen LogP contribution in [0.1, 0.15) is 18.7 Å². The van der Waals surface area contributed by atoms with Gasteiger partial charge in [0, 0.05) is 31.1 Å². The predicted molar refractivity (Wildman–Crippen MR) is 115 cm³/mol. The molecule has 6 nitrogen and oxygen atoms in total. The zero-order chi connectivity index (χ0) is 20.5. The maximum absolute atomic E-state index is 13.4. The van der Waals surface area contributed by atoms with E-state index in [9.17, 15) is 9.59 Å². The first-order valence-electron chi connectivity index (χ1n) is 9.83. The SMILES string of the molecule is CC(C)Oc1ccc(N2C(=O)C(c3cccs3)=C(N3CCN(C)CC3)C2=O)cc1. The van der Waals surface area contributed by atoms with Crippen molar-refractivity contribution in [1.29, 1.82) is 0 Å². The topological polar surface area (TPSA) is 53.1 Å². The maximum atomic E-state index is 13.4. The van der Waals surface area contributed by atoms with Gasteiger partial charge >= 0.3 is 0 Å². The van der Waals surface area contributed by atoms with Gasteiger partial charge in [0.05, 0.1) is 17.4 Å². The van der Waals surface area contributed by atoms with E-state index < -0.39 is 0 Å². The van der Waals surface area contributed by atoms with E-state index in [0.29, 0.717) is 22.7 Å². The Balaban J connectivity index is 1.69. The molecule has 2 amide bonds. The van der Waals surface area contributed by atoms with E-state index in [0.717, 1.165) is 31.1 Å². The molecule has 0 unspecified atom stereocenters. The summed E-state index contributed by atoms with van der Waals surface area (Å²) in [5, 5.41) is 1.93. The van der Waals surface area contributed by atoms with Crippen LogP contribution in [0.25, 0.3) is 5.57 Å². The van der Waals surface area contributed by atoms with Crippen molar-refractivity contribution in [2.24, 2.45) is 0 Å². The number of likely N-dealkylation sites (N-methyl/N-ethyl adjacent to an activating group) is 1. The quantitative estimate of drug-likeness (QED) is 0.708. The fraction of sp³-hybridized carbons (Fsp3) is 0.364. The van der Waals surface area contributed by atoms with Gasteiger partial charge in [0.1, 0.15) is 11.4 Å². The highest BCUT2D eigenvalue weighted by Crippen LogP contribution is 2.37. The Morgan fingerprint density at radius 3 is 2.24 bits per heavy atom. The molecule has 1 aromatic carbocycles. The van der Waals surface area contributed by atoms with Gasteiger partial charge in [0.25, 0.3) is 11.8 Å². The third kappa shape index (κ3) is 3.80. The molecule has 0 spiro atoms. The molecule has 1 saturated heterocycles. The van der Waals surface area contributed by atoms with E-state index in [1.165, 1.54) is 16.2 Å². The molecule has 0 aliphatic carbocycles. The van der Waals surface area contributed by atoms with Crippen LogP contribution in [0, 0.1) is 0 Å². The molecule has 2 aliphatic heterocycles. The summed E-state index contributed by atoms with van der Waals surface area (Å²) in [7, 11) is 2.07. The van der Waals surface area contributed by atoms with Gasteiger partial charge in [0.15, 0.2) is 0 Å². The van der Waals surface area contributed by atoms with Crippen molar-refractivity contribution < 1.29 is 14.3 Å². The van der Waals surface area contributed by atoms with Crippen LogP contribution in [0.4, 0.5) is 5.69 Å². The summed E-state index contributed by atoms with van der Waals surface area (Å²) in [5.74, 6) is 0.206. The number of hydrogen-bond acceptors (Lipinski definition) is 6. The summed E-state index contributed by atoms with van der Waals surface area (Å²) in [5.41, 5.74) is 1.60. The van der Waals surface area contributed by atoms with Crippen LogP contribution in [-0.4, -0.2) is 60.9 Å². The molecule has 1 aromatic heterocycles. The van der Waals surface area contributed by atoms with Crippen molar-refractivity contribution in [2.75, 3.05) is 38.1 Å². The molecule has 152 valence electrons. The maximum Gasteiger partial charge on any atom is 0.282 e. The minimum atomic E-state index is -0.260. The van der Waals surface area contributed by atoms with E-state index >= 15 is 0 Å². The lowest BCUT2D eigenvalue weighted by Gasteiger charge is -2.34. The van der Waals surface area contributed by atoms with Crippen LogP contribution in [-0.2, 0) is 9.59 Å². The summed E-state index contributed by atoms with van der Waals surface area (Å²) in [4.78, 5) is 33.2. The fourth-order valence-electron chi connectivity index (χ4n) is 3.66. The van der Waals surface area contributed by atoms with Crippen molar-refractivity contribution in [1.82, 2.24) is 9.80 Å². The number of benzene rings is 1. The molecular weight excluding hydrogens is 386 g/mol. The third-order valence-corrected chi connectivity index (χ3v) is 6.00. The van der Waals surface area contributed by atoms with Gasteiger partial charge in [-0.3, -0.25) is 9.59 Å². The molecule has 29 heavy (non-hydrogen) atoms. The van der Waals surface area contributed by atoms with Crippen molar-refractivity contribution in [3.63, 3.8) is 0 Å². The van der Waals surface area contributed by atoms with Crippen LogP contribution in [0.15, 0.2) is 47.5 Å². The summed E-state index contributed by atoms with van der Waals surface area (Å²) >= 11 is 1.49. The fourth-order valence-corrected chi connectivity index (χ4v) is 4.43. The Hall–Kier alpha value is -2.64. The minimum absolute atomic E-state index is 0.0619. The number of carbonyl (C=O) groups excluding carboxylic acids is 2. The number of hydrogen-bond donors (Lipinski definition) is 0. The van der Waals surface area contributed by atoms with E-state index in [2.05, 4.69) is 16.8 Å². The van der Waals surface area contributed by atoms with Crippen LogP contribution in [0.5, 0.6) is 5.75 Å². The molecule has 0 N–H and O–H groups in total. The van der Waals surface area contributed by atoms with Gasteiger partial charge in [-0.25, -0.2) is 4.90 Å². The molecule has 0 radical (unpaired) electrons. The Bertz CT molecular complexity index is 927. The number of amides is 2. The van der Waals surface area contributed by atoms with Crippen LogP contribution in [0.2, 0.25) is 0 Å². The standard InChI is InChI=1S/C22H25N3O3S/c1-15(2)28-17-8-6-16(7-9-17)25-21(26)19(18-5-4-14-29-18)20(22(25)27)24-12-10-23(3)11-13-24/h4-9,14-15H,10-13H2,1-3H3. The van der Waals surface area contributed by atoms with Gasteiger partial charge < -0.3 is 14.5 Å². The number of anilines is 1. The molecule has 2 aliphatic rings. The van der Waals surface area contributed by atoms with Gasteiger partial charge in [-0.15, -0.1) is 11.3 Å². The second-order valence-corrected chi connectivity index (χ2v) is 8.55. The lowest BCUT2D eigenvalue weighted by Crippen LogP contribution is -2.46. The largest absolute Gasteiger partial charge is 0.491 e. The van der Waals surface area contributed by atoms with Gasteiger partial charge in [-0.05, 0) is 56.6 Å². The predicted octanol–water partition coefficient (Wildman–Crippen LogP) is 3.07. The molecule has 7 heteroatoms. The number of nitrogens with zero attached hydrogens (tertiary/aromatic N) is 3. The number of rotatable bonds is 5. The average Bonchev–Trinajstić information content (AvgIpc) is 3.29. The van der Waals surface area contributed by atoms with E-state index in [4.69, 9.17) is 4.74 Å². The highest BCUT2D eigenvalue weighted by molar-refractivity contribution is 7.11. The number of ether oxygens (including phenoxy) is 1. The first-order chi connectivity index (χ1) is 14.0. The molecular formula is C22H25N3O3S. The lowest BCUT2D eigenvalue weighted by molar-refractivity contribution is -0.120. The lowest BCUT2D eigenvalue weighted by atomic mass is 10.1. The summed E-state index contributed by atoms with van der Waals surface area (Å²) in [6, 6.07) is 11.0. The van der Waals surface area contributed by atoms with E-state index in [1.807, 2.05) is 31.4 Å². The van der Waals surface area contributed by atoms with Crippen LogP contribution >= 0.6 is 11.3 Å². The highest BCUT2D eigenvalue weighted by atomic mass is 32.1. The summed E-state index contributed by atoms with van der Waals surface area (Å²) < 4.78 is 5.68. The third-order valence-electron chi connectivity index (χ3n) is 5.11. The van der Waals surface area contributed by atoms with Crippen molar-refractivity contribution in [3.8, 4) is 5.75 Å². The van der Waals surface area contributed by atoms with E-state index in [1.54, 1.807) is 24.3 Å². The molecule has 2 aromatic rings. The van der Waals surface area contributed by atoms with Crippen molar-refractivity contribution in [3.05, 3.63) is 52.4 Å². The van der Waals surface area contributed by atoms with Crippen LogP contribution in [0.3, 0.4) is 0 Å². The highest BCUT2D eigenvalue weighted by Gasteiger charge is 2.43. The number of imide groups is 1. The Morgan fingerprint density at radius 2 is 1.66 bits per heavy atom. The van der Waals surface area contributed by atoms with Crippen molar-refractivity contribution in [2.45, 2.75) is 20.0 Å². The van der Waals surface area contributed by atoms with Crippen LogP contribution < -0.4 is 9.64 Å². The second kappa shape index (κ2) is 8.00. The summed E-state index contributed by atoms with van der Waals surface area (Å²) in [6.07, 6.45) is 0.0619. The van der Waals surface area contributed by atoms with Gasteiger partial charge in [-0.1, -0.05) is 6.07 Å². The molecule has 0 bridgehead atoms. The number of thiophene rings is 1. The molecule has 0 saturated carbocycles. The van der Waals surface area contributed by atoms with Gasteiger partial charge in [0.2, 0.25) is 0 Å². The monoisotopic (exact) mass is 411 g/mol. The average molecular weight is 412 g/mol. The van der Waals surface area contributed by atoms with Crippen molar-refractivity contribution >= 4 is 34.4 Å². The Kier molecular flexibility index (Phi) is 5.43. The Morgan fingerprint density at radius 1 is 0.966 bits per heavy atom. The number of carbonyl (C=O) groups is 2. The smallest absolute Gasteiger partial charge is 0.282 e. The zero-order valence-corrected chi connectivity index (χ0v) is 17.7. The molecule has 3 heterocycles. The first-order valence-corrected chi connectivity index (χ1v) is 10.7. The minimum Gasteiger partial charge on any atom is -0.491 e. The molecule has 4 rings (SSSR count). The van der Waals surface area contributed by atoms with Gasteiger partial charge in [-0.2, -0.15) is 0 Å². The zero-order valence-electron chi connectivity index (χ0n) is 16.9. The first kappa shape index (κ1) is 19.7. The molecule has 1 fully saturated rings. The second-order valence-electron chi connectivity index (χ2n) is 7.60. The number of piperazine rings is 1. The summed E-state index contributed by atoms with van der Waals surface area (Å²) in [6.45, 7) is 7.11. The normalized spacial score (nSPS) is 18.3. The van der Waals surface area contributed by atoms with E-state index in [-0.39, 0.29) is 17.9 Å². The Labute approximate surface area is 175 Å². The molecule has 0 atom stereocenters.